The Morgan fingerprint density at radius 3 is 1.32 bits per heavy atom. The van der Waals surface area contributed by atoms with E-state index in [1.807, 2.05) is 103 Å². The van der Waals surface area contributed by atoms with Gasteiger partial charge in [-0.15, -0.1) is 0 Å². The van der Waals surface area contributed by atoms with Crippen LogP contribution in [0.25, 0.3) is 89.5 Å². The molecule has 4 aromatic heterocycles. The van der Waals surface area contributed by atoms with Crippen LogP contribution in [0.2, 0.25) is 0 Å². The monoisotopic (exact) mass is 640 g/mol. The molecule has 9 aromatic rings. The lowest BCUT2D eigenvalue weighted by Gasteiger charge is -2.11. The standard InChI is InChI=1S/C44H28N6/c1-3-15-37-29(9-1)22-25-46-40(37)33-11-7-13-35(27-33)43-48-42(32-20-18-31(19-21-32)39-17-5-6-24-45-39)49-44(50-43)36-14-8-12-34(28-36)41-38-16-4-2-10-30(38)23-26-47-41/h1-28H. The zero-order valence-electron chi connectivity index (χ0n) is 26.8. The van der Waals surface area contributed by atoms with Crippen molar-refractivity contribution >= 4 is 21.5 Å². The molecule has 0 aliphatic rings. The van der Waals surface area contributed by atoms with E-state index in [0.717, 1.165) is 72.0 Å². The molecular weight excluding hydrogens is 613 g/mol. The fourth-order valence-corrected chi connectivity index (χ4v) is 6.40. The minimum Gasteiger partial charge on any atom is -0.256 e. The first kappa shape index (κ1) is 29.2. The predicted octanol–water partition coefficient (Wildman–Crippen LogP) is 10.4. The van der Waals surface area contributed by atoms with Crippen molar-refractivity contribution in [1.82, 2.24) is 29.9 Å². The Kier molecular flexibility index (Phi) is 7.37. The molecule has 9 rings (SSSR count). The van der Waals surface area contributed by atoms with E-state index >= 15 is 0 Å². The second-order valence-electron chi connectivity index (χ2n) is 12.0. The van der Waals surface area contributed by atoms with E-state index in [2.05, 4.69) is 65.6 Å². The van der Waals surface area contributed by atoms with Gasteiger partial charge in [0.15, 0.2) is 17.5 Å². The SMILES string of the molecule is c1ccc(-c2ccc(-c3nc(-c4cccc(-c5nccc6ccccc56)c4)nc(-c4cccc(-c5nccc6ccccc56)c4)n3)cc2)nc1. The van der Waals surface area contributed by atoms with Crippen LogP contribution in [-0.4, -0.2) is 29.9 Å². The molecule has 4 heterocycles. The molecule has 0 aliphatic heterocycles. The number of aromatic nitrogens is 6. The lowest BCUT2D eigenvalue weighted by atomic mass is 10.0. The lowest BCUT2D eigenvalue weighted by molar-refractivity contribution is 1.07. The van der Waals surface area contributed by atoms with Crippen molar-refractivity contribution in [2.24, 2.45) is 0 Å². The van der Waals surface area contributed by atoms with Gasteiger partial charge in [0.1, 0.15) is 0 Å². The van der Waals surface area contributed by atoms with Crippen molar-refractivity contribution in [1.29, 1.82) is 0 Å². The van der Waals surface area contributed by atoms with Gasteiger partial charge in [-0.2, -0.15) is 0 Å². The highest BCUT2D eigenvalue weighted by Gasteiger charge is 2.16. The van der Waals surface area contributed by atoms with Crippen molar-refractivity contribution in [3.8, 4) is 67.9 Å². The van der Waals surface area contributed by atoms with Crippen molar-refractivity contribution in [2.75, 3.05) is 0 Å². The van der Waals surface area contributed by atoms with Gasteiger partial charge in [0, 0.05) is 62.7 Å². The molecule has 0 aliphatic carbocycles. The van der Waals surface area contributed by atoms with Gasteiger partial charge < -0.3 is 0 Å². The lowest BCUT2D eigenvalue weighted by Crippen LogP contribution is -2.00. The van der Waals surface area contributed by atoms with Crippen LogP contribution in [0.5, 0.6) is 0 Å². The maximum absolute atomic E-state index is 5.09. The molecule has 0 radical (unpaired) electrons. The zero-order chi connectivity index (χ0) is 33.3. The molecule has 0 unspecified atom stereocenters. The highest BCUT2D eigenvalue weighted by Crippen LogP contribution is 2.33. The summed E-state index contributed by atoms with van der Waals surface area (Å²) in [6.45, 7) is 0. The van der Waals surface area contributed by atoms with Gasteiger partial charge in [0.05, 0.1) is 17.1 Å². The number of nitrogens with zero attached hydrogens (tertiary/aromatic N) is 6. The molecule has 0 spiro atoms. The molecule has 0 bridgehead atoms. The molecule has 0 saturated heterocycles. The number of hydrogen-bond acceptors (Lipinski definition) is 6. The fraction of sp³-hybridized carbons (Fsp3) is 0. The maximum atomic E-state index is 5.09. The van der Waals surface area contributed by atoms with E-state index in [0.29, 0.717) is 17.5 Å². The van der Waals surface area contributed by atoms with Gasteiger partial charge in [0.2, 0.25) is 0 Å². The molecule has 0 fully saturated rings. The van der Waals surface area contributed by atoms with Crippen LogP contribution in [-0.2, 0) is 0 Å². The Labute approximate surface area is 288 Å². The molecule has 0 N–H and O–H groups in total. The largest absolute Gasteiger partial charge is 0.256 e. The summed E-state index contributed by atoms with van der Waals surface area (Å²) in [5, 5.41) is 4.47. The first-order chi connectivity index (χ1) is 24.8. The third-order valence-electron chi connectivity index (χ3n) is 8.87. The normalized spacial score (nSPS) is 11.2. The third kappa shape index (κ3) is 5.55. The smallest absolute Gasteiger partial charge is 0.164 e. The van der Waals surface area contributed by atoms with Crippen LogP contribution >= 0.6 is 0 Å². The number of benzene rings is 5. The topological polar surface area (TPSA) is 77.3 Å². The van der Waals surface area contributed by atoms with Crippen molar-refractivity contribution in [2.45, 2.75) is 0 Å². The summed E-state index contributed by atoms with van der Waals surface area (Å²) in [5.74, 6) is 1.74. The average molecular weight is 641 g/mol. The number of pyridine rings is 3. The summed E-state index contributed by atoms with van der Waals surface area (Å²) in [6.07, 6.45) is 5.52. The maximum Gasteiger partial charge on any atom is 0.164 e. The number of fused-ring (bicyclic) bond motifs is 2. The van der Waals surface area contributed by atoms with Crippen LogP contribution in [0.4, 0.5) is 0 Å². The van der Waals surface area contributed by atoms with Gasteiger partial charge in [-0.05, 0) is 47.2 Å². The highest BCUT2D eigenvalue weighted by molar-refractivity contribution is 5.96. The van der Waals surface area contributed by atoms with Crippen LogP contribution in [0.15, 0.2) is 170 Å². The van der Waals surface area contributed by atoms with E-state index in [1.165, 1.54) is 0 Å². The van der Waals surface area contributed by atoms with E-state index in [-0.39, 0.29) is 0 Å². The van der Waals surface area contributed by atoms with E-state index in [1.54, 1.807) is 6.20 Å². The molecule has 6 heteroatoms. The van der Waals surface area contributed by atoms with Crippen LogP contribution in [0.3, 0.4) is 0 Å². The molecule has 0 saturated carbocycles. The van der Waals surface area contributed by atoms with Crippen molar-refractivity contribution in [3.63, 3.8) is 0 Å². The van der Waals surface area contributed by atoms with Crippen LogP contribution in [0.1, 0.15) is 0 Å². The summed E-state index contributed by atoms with van der Waals surface area (Å²) in [5.41, 5.74) is 8.38. The Hall–Kier alpha value is -6.92. The Morgan fingerprint density at radius 2 is 0.780 bits per heavy atom. The van der Waals surface area contributed by atoms with Gasteiger partial charge in [0.25, 0.3) is 0 Å². The quantitative estimate of drug-likeness (QED) is 0.180. The summed E-state index contributed by atoms with van der Waals surface area (Å²) >= 11 is 0. The number of rotatable bonds is 6. The Morgan fingerprint density at radius 1 is 0.300 bits per heavy atom. The van der Waals surface area contributed by atoms with Gasteiger partial charge >= 0.3 is 0 Å². The summed E-state index contributed by atoms with van der Waals surface area (Å²) < 4.78 is 0. The van der Waals surface area contributed by atoms with E-state index < -0.39 is 0 Å². The molecular formula is C44H28N6. The first-order valence-electron chi connectivity index (χ1n) is 16.4. The third-order valence-corrected chi connectivity index (χ3v) is 8.87. The zero-order valence-corrected chi connectivity index (χ0v) is 26.8. The second-order valence-corrected chi connectivity index (χ2v) is 12.0. The molecule has 0 atom stereocenters. The van der Waals surface area contributed by atoms with Crippen LogP contribution in [0, 0.1) is 0 Å². The molecule has 234 valence electrons. The Balaban J connectivity index is 1.19. The predicted molar refractivity (Wildman–Crippen MR) is 201 cm³/mol. The first-order valence-corrected chi connectivity index (χ1v) is 16.4. The Bertz CT molecular complexity index is 2500. The van der Waals surface area contributed by atoms with Gasteiger partial charge in [-0.3, -0.25) is 15.0 Å². The average Bonchev–Trinajstić information content (AvgIpc) is 3.21. The van der Waals surface area contributed by atoms with Gasteiger partial charge in [-0.25, -0.2) is 15.0 Å². The van der Waals surface area contributed by atoms with E-state index in [9.17, 15) is 0 Å². The molecule has 50 heavy (non-hydrogen) atoms. The number of hydrogen-bond donors (Lipinski definition) is 0. The van der Waals surface area contributed by atoms with Crippen LogP contribution < -0.4 is 0 Å². The van der Waals surface area contributed by atoms with E-state index in [4.69, 9.17) is 24.9 Å². The van der Waals surface area contributed by atoms with Gasteiger partial charge in [-0.1, -0.05) is 115 Å². The minimum absolute atomic E-state index is 0.578. The van der Waals surface area contributed by atoms with Crippen molar-refractivity contribution < 1.29 is 0 Å². The molecule has 0 amide bonds. The summed E-state index contributed by atoms with van der Waals surface area (Å²) in [4.78, 5) is 29.2. The van der Waals surface area contributed by atoms with Crippen molar-refractivity contribution in [3.05, 3.63) is 170 Å². The summed E-state index contributed by atoms with van der Waals surface area (Å²) in [7, 11) is 0. The minimum atomic E-state index is 0.578. The molecule has 5 aromatic carbocycles. The second kappa shape index (κ2) is 12.6. The highest BCUT2D eigenvalue weighted by atomic mass is 15.0. The fourth-order valence-electron chi connectivity index (χ4n) is 6.40. The molecule has 6 nitrogen and oxygen atoms in total. The summed E-state index contributed by atoms with van der Waals surface area (Å²) in [6, 6.07) is 51.3.